The molecule has 0 saturated heterocycles. The summed E-state index contributed by atoms with van der Waals surface area (Å²) < 4.78 is 12.9. The highest BCUT2D eigenvalue weighted by molar-refractivity contribution is 7.80. The summed E-state index contributed by atoms with van der Waals surface area (Å²) in [6.45, 7) is 0. The minimum absolute atomic E-state index is 0.692. The molecule has 1 heterocycles. The van der Waals surface area contributed by atoms with E-state index in [1.807, 2.05) is 24.3 Å². The first-order valence-corrected chi connectivity index (χ1v) is 10.2. The van der Waals surface area contributed by atoms with Gasteiger partial charge in [0.2, 0.25) is 0 Å². The Balaban J connectivity index is 1.91. The number of benzene rings is 3. The van der Waals surface area contributed by atoms with Crippen LogP contribution in [0.2, 0.25) is 0 Å². The Morgan fingerprint density at radius 1 is 0.704 bits per heavy atom. The van der Waals surface area contributed by atoms with Gasteiger partial charge >= 0.3 is 0 Å². The largest absolute Gasteiger partial charge is 0.497 e. The fourth-order valence-corrected chi connectivity index (χ4v) is 5.78. The summed E-state index contributed by atoms with van der Waals surface area (Å²) in [6.07, 6.45) is 2.13. The number of fused-ring (bicyclic) bond motifs is 1. The monoisotopic (exact) mass is 375 g/mol. The molecule has 136 valence electrons. The van der Waals surface area contributed by atoms with Crippen LogP contribution in [0, 0.1) is 0 Å². The lowest BCUT2D eigenvalue weighted by Crippen LogP contribution is -2.21. The summed E-state index contributed by atoms with van der Waals surface area (Å²) in [6, 6.07) is 25.7. The molecule has 0 fully saturated rings. The number of nitrogens with zero attached hydrogens (tertiary/aromatic N) is 1. The van der Waals surface area contributed by atoms with E-state index in [1.165, 1.54) is 26.8 Å². The standard InChI is InChI=1S/C23H22NO2P/c1-24-16-15-21-22(24)5-4-6-23(21)27(19-11-7-17(25-2)8-12-19)20-13-9-18(26-3)10-14-20/h4-16H,1-3H3. The Morgan fingerprint density at radius 2 is 1.26 bits per heavy atom. The van der Waals surface area contributed by atoms with Crippen molar-refractivity contribution in [2.24, 2.45) is 7.05 Å². The Kier molecular flexibility index (Phi) is 4.87. The van der Waals surface area contributed by atoms with Crippen LogP contribution in [0.4, 0.5) is 0 Å². The van der Waals surface area contributed by atoms with Gasteiger partial charge in [0.25, 0.3) is 0 Å². The predicted molar refractivity (Wildman–Crippen MR) is 115 cm³/mol. The molecule has 4 aromatic rings. The molecule has 3 nitrogen and oxygen atoms in total. The highest BCUT2D eigenvalue weighted by Gasteiger charge is 2.19. The Hall–Kier alpha value is -2.77. The molecule has 4 rings (SSSR count). The predicted octanol–water partition coefficient (Wildman–Crippen LogP) is 3.95. The first kappa shape index (κ1) is 17.6. The van der Waals surface area contributed by atoms with Gasteiger partial charge in [-0.05, 0) is 60.2 Å². The molecule has 0 aliphatic rings. The second-order valence-electron chi connectivity index (χ2n) is 6.37. The van der Waals surface area contributed by atoms with Gasteiger partial charge in [-0.25, -0.2) is 0 Å². The van der Waals surface area contributed by atoms with Crippen molar-refractivity contribution in [1.82, 2.24) is 4.57 Å². The molecule has 0 bridgehead atoms. The number of hydrogen-bond acceptors (Lipinski definition) is 2. The summed E-state index contributed by atoms with van der Waals surface area (Å²) in [7, 11) is 4.80. The van der Waals surface area contributed by atoms with Crippen LogP contribution in [-0.2, 0) is 7.05 Å². The van der Waals surface area contributed by atoms with Gasteiger partial charge in [-0.2, -0.15) is 0 Å². The Morgan fingerprint density at radius 3 is 1.78 bits per heavy atom. The van der Waals surface area contributed by atoms with Gasteiger partial charge in [0.1, 0.15) is 11.5 Å². The summed E-state index contributed by atoms with van der Waals surface area (Å²) in [4.78, 5) is 0. The van der Waals surface area contributed by atoms with Crippen LogP contribution in [0.15, 0.2) is 79.0 Å². The van der Waals surface area contributed by atoms with Crippen LogP contribution in [0.1, 0.15) is 0 Å². The molecule has 0 unspecified atom stereocenters. The van der Waals surface area contributed by atoms with Crippen LogP contribution >= 0.6 is 7.92 Å². The molecule has 0 aliphatic heterocycles. The van der Waals surface area contributed by atoms with Crippen molar-refractivity contribution in [1.29, 1.82) is 0 Å². The molecule has 0 atom stereocenters. The molecule has 0 saturated carbocycles. The number of rotatable bonds is 5. The summed E-state index contributed by atoms with van der Waals surface area (Å²) in [5.41, 5.74) is 1.25. The van der Waals surface area contributed by atoms with Crippen molar-refractivity contribution in [3.63, 3.8) is 0 Å². The van der Waals surface area contributed by atoms with E-state index in [0.29, 0.717) is 0 Å². The quantitative estimate of drug-likeness (QED) is 0.493. The molecular formula is C23H22NO2P. The van der Waals surface area contributed by atoms with Crippen molar-refractivity contribution >= 4 is 34.7 Å². The summed E-state index contributed by atoms with van der Waals surface area (Å²) in [5.74, 6) is 1.75. The third kappa shape index (κ3) is 3.31. The first-order chi connectivity index (χ1) is 13.2. The van der Waals surface area contributed by atoms with Crippen LogP contribution in [-0.4, -0.2) is 18.8 Å². The van der Waals surface area contributed by atoms with Crippen LogP contribution in [0.3, 0.4) is 0 Å². The third-order valence-corrected chi connectivity index (χ3v) is 7.31. The van der Waals surface area contributed by atoms with E-state index < -0.39 is 7.92 Å². The van der Waals surface area contributed by atoms with E-state index in [-0.39, 0.29) is 0 Å². The molecule has 0 aliphatic carbocycles. The number of aryl methyl sites for hydroxylation is 1. The van der Waals surface area contributed by atoms with Gasteiger partial charge < -0.3 is 14.0 Å². The summed E-state index contributed by atoms with van der Waals surface area (Å²) >= 11 is 0. The molecule has 3 aromatic carbocycles. The fourth-order valence-electron chi connectivity index (χ4n) is 3.37. The van der Waals surface area contributed by atoms with Crippen LogP contribution in [0.5, 0.6) is 11.5 Å². The number of hydrogen-bond donors (Lipinski definition) is 0. The van der Waals surface area contributed by atoms with Gasteiger partial charge in [-0.3, -0.25) is 0 Å². The Bertz CT molecular complexity index is 1000. The van der Waals surface area contributed by atoms with Crippen LogP contribution < -0.4 is 25.4 Å². The summed E-state index contributed by atoms with van der Waals surface area (Å²) in [5, 5.41) is 5.26. The molecule has 0 spiro atoms. The number of ether oxygens (including phenoxy) is 2. The minimum Gasteiger partial charge on any atom is -0.497 e. The van der Waals surface area contributed by atoms with E-state index in [1.54, 1.807) is 14.2 Å². The lowest BCUT2D eigenvalue weighted by atomic mass is 10.2. The van der Waals surface area contributed by atoms with Crippen LogP contribution in [0.25, 0.3) is 10.9 Å². The lowest BCUT2D eigenvalue weighted by molar-refractivity contribution is 0.415. The maximum absolute atomic E-state index is 5.35. The van der Waals surface area contributed by atoms with Gasteiger partial charge in [-0.15, -0.1) is 0 Å². The topological polar surface area (TPSA) is 23.4 Å². The zero-order chi connectivity index (χ0) is 18.8. The molecule has 0 radical (unpaired) electrons. The van der Waals surface area contributed by atoms with E-state index in [0.717, 1.165) is 11.5 Å². The highest BCUT2D eigenvalue weighted by atomic mass is 31.1. The number of aromatic nitrogens is 1. The van der Waals surface area contributed by atoms with Gasteiger partial charge in [-0.1, -0.05) is 36.4 Å². The number of methoxy groups -OCH3 is 2. The maximum Gasteiger partial charge on any atom is 0.118 e. The molecule has 0 N–H and O–H groups in total. The van der Waals surface area contributed by atoms with Crippen molar-refractivity contribution in [3.8, 4) is 11.5 Å². The van der Waals surface area contributed by atoms with E-state index in [2.05, 4.69) is 66.3 Å². The van der Waals surface area contributed by atoms with Gasteiger partial charge in [0.15, 0.2) is 0 Å². The second kappa shape index (κ2) is 7.46. The van der Waals surface area contributed by atoms with Crippen molar-refractivity contribution in [3.05, 3.63) is 79.0 Å². The molecule has 0 amide bonds. The molecule has 1 aromatic heterocycles. The van der Waals surface area contributed by atoms with E-state index >= 15 is 0 Å². The van der Waals surface area contributed by atoms with E-state index in [4.69, 9.17) is 9.47 Å². The minimum atomic E-state index is -0.692. The second-order valence-corrected chi connectivity index (χ2v) is 8.55. The molecule has 27 heavy (non-hydrogen) atoms. The average molecular weight is 375 g/mol. The lowest BCUT2D eigenvalue weighted by Gasteiger charge is -2.21. The highest BCUT2D eigenvalue weighted by Crippen LogP contribution is 2.36. The van der Waals surface area contributed by atoms with Crippen molar-refractivity contribution < 1.29 is 9.47 Å². The zero-order valence-corrected chi connectivity index (χ0v) is 16.6. The van der Waals surface area contributed by atoms with Gasteiger partial charge in [0.05, 0.1) is 14.2 Å². The van der Waals surface area contributed by atoms with E-state index in [9.17, 15) is 0 Å². The Labute approximate surface area is 160 Å². The fraction of sp³-hybridized carbons (Fsp3) is 0.130. The smallest absolute Gasteiger partial charge is 0.118 e. The average Bonchev–Trinajstić information content (AvgIpc) is 3.11. The SMILES string of the molecule is COc1ccc(P(c2ccc(OC)cc2)c2cccc3c2ccn3C)cc1. The zero-order valence-electron chi connectivity index (χ0n) is 15.7. The third-order valence-electron chi connectivity index (χ3n) is 4.81. The van der Waals surface area contributed by atoms with Crippen molar-refractivity contribution in [2.75, 3.05) is 14.2 Å². The molecular weight excluding hydrogens is 353 g/mol. The first-order valence-electron chi connectivity index (χ1n) is 8.83. The normalized spacial score (nSPS) is 11.1. The maximum atomic E-state index is 5.35. The van der Waals surface area contributed by atoms with Crippen molar-refractivity contribution in [2.45, 2.75) is 0 Å². The van der Waals surface area contributed by atoms with Gasteiger partial charge in [0, 0.05) is 24.1 Å². The molecule has 4 heteroatoms.